The third kappa shape index (κ3) is 3.75. The molecular formula is C15H14ClNO5S. The molecule has 0 heterocycles. The van der Waals surface area contributed by atoms with E-state index in [0.717, 1.165) is 4.31 Å². The Morgan fingerprint density at radius 2 is 1.78 bits per heavy atom. The van der Waals surface area contributed by atoms with Crippen molar-refractivity contribution in [3.8, 4) is 5.75 Å². The number of para-hydroxylation sites is 1. The van der Waals surface area contributed by atoms with Gasteiger partial charge in [0.25, 0.3) is 10.0 Å². The van der Waals surface area contributed by atoms with Gasteiger partial charge in [0.05, 0.1) is 22.7 Å². The van der Waals surface area contributed by atoms with Crippen LogP contribution in [0.15, 0.2) is 53.4 Å². The van der Waals surface area contributed by atoms with Crippen LogP contribution in [0.5, 0.6) is 5.75 Å². The van der Waals surface area contributed by atoms with Crippen molar-refractivity contribution in [2.45, 2.75) is 4.90 Å². The molecule has 0 aromatic heterocycles. The number of carboxylic acids is 1. The average Bonchev–Trinajstić information content (AvgIpc) is 2.53. The van der Waals surface area contributed by atoms with Crippen molar-refractivity contribution in [3.05, 3.63) is 53.6 Å². The molecule has 0 aliphatic heterocycles. The maximum Gasteiger partial charge on any atom is 0.324 e. The predicted molar refractivity (Wildman–Crippen MR) is 86.6 cm³/mol. The number of benzene rings is 2. The molecule has 0 spiro atoms. The summed E-state index contributed by atoms with van der Waals surface area (Å²) in [5.41, 5.74) is 0.104. The molecule has 0 unspecified atom stereocenters. The van der Waals surface area contributed by atoms with Crippen LogP contribution in [0.1, 0.15) is 0 Å². The molecule has 2 rings (SSSR count). The molecule has 0 aliphatic rings. The lowest BCUT2D eigenvalue weighted by Gasteiger charge is -2.23. The third-order valence-electron chi connectivity index (χ3n) is 3.05. The predicted octanol–water partition coefficient (Wildman–Crippen LogP) is 2.63. The third-order valence-corrected chi connectivity index (χ3v) is 5.14. The maximum atomic E-state index is 12.8. The number of sulfonamides is 1. The standard InChI is InChI=1S/C15H14ClNO5S/c1-22-11-6-8-12(9-7-11)23(20,21)17(10-15(18)19)14-5-3-2-4-13(14)16/h2-9H,10H2,1H3,(H,18,19). The first-order valence-electron chi connectivity index (χ1n) is 6.49. The van der Waals surface area contributed by atoms with Crippen LogP contribution in [0.25, 0.3) is 0 Å². The van der Waals surface area contributed by atoms with Gasteiger partial charge in [0.1, 0.15) is 12.3 Å². The van der Waals surface area contributed by atoms with Gasteiger partial charge in [-0.3, -0.25) is 9.10 Å². The summed E-state index contributed by atoms with van der Waals surface area (Å²) >= 11 is 6.02. The summed E-state index contributed by atoms with van der Waals surface area (Å²) in [5, 5.41) is 9.20. The van der Waals surface area contributed by atoms with Gasteiger partial charge >= 0.3 is 5.97 Å². The van der Waals surface area contributed by atoms with Gasteiger partial charge < -0.3 is 9.84 Å². The minimum atomic E-state index is -4.08. The van der Waals surface area contributed by atoms with Gasteiger partial charge in [-0.2, -0.15) is 0 Å². The first-order valence-corrected chi connectivity index (χ1v) is 8.31. The number of methoxy groups -OCH3 is 1. The largest absolute Gasteiger partial charge is 0.497 e. The number of aliphatic carboxylic acids is 1. The monoisotopic (exact) mass is 355 g/mol. The second kappa shape index (κ2) is 6.89. The Morgan fingerprint density at radius 3 is 2.30 bits per heavy atom. The topological polar surface area (TPSA) is 83.9 Å². The van der Waals surface area contributed by atoms with E-state index in [1.54, 1.807) is 12.1 Å². The van der Waals surface area contributed by atoms with Gasteiger partial charge in [-0.15, -0.1) is 0 Å². The van der Waals surface area contributed by atoms with Crippen LogP contribution < -0.4 is 9.04 Å². The second-order valence-corrected chi connectivity index (χ2v) is 6.80. The number of hydrogen-bond acceptors (Lipinski definition) is 4. The Bertz CT molecular complexity index is 805. The van der Waals surface area contributed by atoms with Crippen LogP contribution in [0.2, 0.25) is 5.02 Å². The fraction of sp³-hybridized carbons (Fsp3) is 0.133. The number of carbonyl (C=O) groups is 1. The van der Waals surface area contributed by atoms with E-state index < -0.39 is 22.5 Å². The number of rotatable bonds is 6. The fourth-order valence-electron chi connectivity index (χ4n) is 1.95. The van der Waals surface area contributed by atoms with Gasteiger partial charge in [0, 0.05) is 0 Å². The molecule has 1 N–H and O–H groups in total. The molecule has 0 amide bonds. The Labute approximate surface area is 138 Å². The van der Waals surface area contributed by atoms with Gasteiger partial charge in [-0.1, -0.05) is 23.7 Å². The van der Waals surface area contributed by atoms with Gasteiger partial charge in [0.2, 0.25) is 0 Å². The molecule has 23 heavy (non-hydrogen) atoms. The van der Waals surface area contributed by atoms with Crippen molar-refractivity contribution in [2.24, 2.45) is 0 Å². The number of carboxylic acid groups (broad SMARTS) is 1. The molecule has 0 saturated heterocycles. The van der Waals surface area contributed by atoms with Crippen LogP contribution in [-0.4, -0.2) is 33.1 Å². The van der Waals surface area contributed by atoms with E-state index in [9.17, 15) is 13.2 Å². The van der Waals surface area contributed by atoms with Crippen LogP contribution in [0.4, 0.5) is 5.69 Å². The Balaban J connectivity index is 2.53. The van der Waals surface area contributed by atoms with Gasteiger partial charge in [-0.25, -0.2) is 8.42 Å². The van der Waals surface area contributed by atoms with Crippen LogP contribution in [0, 0.1) is 0 Å². The molecule has 0 atom stereocenters. The zero-order valence-electron chi connectivity index (χ0n) is 12.1. The SMILES string of the molecule is COc1ccc(S(=O)(=O)N(CC(=O)O)c2ccccc2Cl)cc1. The average molecular weight is 356 g/mol. The van der Waals surface area contributed by atoms with Crippen LogP contribution in [0.3, 0.4) is 0 Å². The molecule has 0 saturated carbocycles. The molecular weight excluding hydrogens is 342 g/mol. The summed E-state index contributed by atoms with van der Waals surface area (Å²) in [6.45, 7) is -0.738. The summed E-state index contributed by atoms with van der Waals surface area (Å²) in [7, 11) is -2.62. The molecule has 0 bridgehead atoms. The summed E-state index contributed by atoms with van der Waals surface area (Å²) < 4.78 is 31.3. The summed E-state index contributed by atoms with van der Waals surface area (Å²) in [4.78, 5) is 11.0. The highest BCUT2D eigenvalue weighted by atomic mass is 35.5. The molecule has 8 heteroatoms. The first-order chi connectivity index (χ1) is 10.9. The smallest absolute Gasteiger partial charge is 0.324 e. The van der Waals surface area contributed by atoms with E-state index in [1.165, 1.54) is 43.5 Å². The maximum absolute atomic E-state index is 12.8. The molecule has 6 nitrogen and oxygen atoms in total. The van der Waals surface area contributed by atoms with Crippen molar-refractivity contribution in [2.75, 3.05) is 18.0 Å². The van der Waals surface area contributed by atoms with Crippen molar-refractivity contribution < 1.29 is 23.1 Å². The van der Waals surface area contributed by atoms with E-state index in [4.69, 9.17) is 21.4 Å². The van der Waals surface area contributed by atoms with E-state index in [0.29, 0.717) is 5.75 Å². The van der Waals surface area contributed by atoms with Crippen molar-refractivity contribution in [3.63, 3.8) is 0 Å². The second-order valence-electron chi connectivity index (χ2n) is 4.53. The minimum Gasteiger partial charge on any atom is -0.497 e. The highest BCUT2D eigenvalue weighted by Gasteiger charge is 2.28. The van der Waals surface area contributed by atoms with Crippen molar-refractivity contribution >= 4 is 33.3 Å². The Morgan fingerprint density at radius 1 is 1.17 bits per heavy atom. The molecule has 0 fully saturated rings. The zero-order chi connectivity index (χ0) is 17.0. The summed E-state index contributed by atoms with van der Waals surface area (Å²) in [6, 6.07) is 11.8. The number of nitrogens with zero attached hydrogens (tertiary/aromatic N) is 1. The number of hydrogen-bond donors (Lipinski definition) is 1. The minimum absolute atomic E-state index is 0.0560. The lowest BCUT2D eigenvalue weighted by molar-refractivity contribution is -0.135. The number of ether oxygens (including phenoxy) is 1. The van der Waals surface area contributed by atoms with Crippen molar-refractivity contribution in [1.29, 1.82) is 0 Å². The summed E-state index contributed by atoms with van der Waals surface area (Å²) in [6.07, 6.45) is 0. The number of anilines is 1. The van der Waals surface area contributed by atoms with E-state index in [2.05, 4.69) is 0 Å². The van der Waals surface area contributed by atoms with Crippen LogP contribution >= 0.6 is 11.6 Å². The lowest BCUT2D eigenvalue weighted by atomic mass is 10.3. The quantitative estimate of drug-likeness (QED) is 0.861. The van der Waals surface area contributed by atoms with Gasteiger partial charge in [-0.05, 0) is 36.4 Å². The zero-order valence-corrected chi connectivity index (χ0v) is 13.7. The lowest BCUT2D eigenvalue weighted by Crippen LogP contribution is -2.35. The van der Waals surface area contributed by atoms with E-state index in [1.807, 2.05) is 0 Å². The normalized spacial score (nSPS) is 11.0. The van der Waals surface area contributed by atoms with E-state index >= 15 is 0 Å². The molecule has 122 valence electrons. The molecule has 2 aromatic carbocycles. The Hall–Kier alpha value is -2.25. The van der Waals surface area contributed by atoms with Crippen LogP contribution in [-0.2, 0) is 14.8 Å². The molecule has 0 aliphatic carbocycles. The fourth-order valence-corrected chi connectivity index (χ4v) is 3.67. The molecule has 0 radical (unpaired) electrons. The number of halogens is 1. The first kappa shape index (κ1) is 17.1. The highest BCUT2D eigenvalue weighted by Crippen LogP contribution is 2.30. The molecule has 2 aromatic rings. The van der Waals surface area contributed by atoms with E-state index in [-0.39, 0.29) is 15.6 Å². The van der Waals surface area contributed by atoms with Crippen molar-refractivity contribution in [1.82, 2.24) is 0 Å². The Kier molecular flexibility index (Phi) is 5.12. The van der Waals surface area contributed by atoms with Gasteiger partial charge in [0.15, 0.2) is 0 Å². The highest BCUT2D eigenvalue weighted by molar-refractivity contribution is 7.92. The summed E-state index contributed by atoms with van der Waals surface area (Å²) in [5.74, 6) is -0.798.